The van der Waals surface area contributed by atoms with Crippen LogP contribution in [0.2, 0.25) is 0 Å². The molecule has 1 fully saturated rings. The summed E-state index contributed by atoms with van der Waals surface area (Å²) in [5, 5.41) is 2.15. The van der Waals surface area contributed by atoms with Crippen LogP contribution in [0.1, 0.15) is 56.7 Å². The number of rotatable bonds is 5. The zero-order valence-electron chi connectivity index (χ0n) is 20.6. The molecule has 1 unspecified atom stereocenters. The maximum absolute atomic E-state index is 15.2. The summed E-state index contributed by atoms with van der Waals surface area (Å²) in [5.41, 5.74) is 3.64. The zero-order valence-corrected chi connectivity index (χ0v) is 21.5. The monoisotopic (exact) mass is 495 g/mol. The van der Waals surface area contributed by atoms with Crippen LogP contribution in [0.25, 0.3) is 6.08 Å². The van der Waals surface area contributed by atoms with Crippen LogP contribution in [0.3, 0.4) is 0 Å². The minimum atomic E-state index is -0.596. The summed E-state index contributed by atoms with van der Waals surface area (Å²) in [6, 6.07) is 10.6. The number of imide groups is 1. The molecule has 2 heterocycles. The molecule has 2 aliphatic heterocycles. The molecule has 35 heavy (non-hydrogen) atoms. The zero-order chi connectivity index (χ0) is 25.5. The molecular weight excluding hydrogens is 465 g/mol. The molecule has 6 nitrogen and oxygen atoms in total. The molecule has 1 saturated heterocycles. The van der Waals surface area contributed by atoms with Gasteiger partial charge in [-0.05, 0) is 93.3 Å². The standard InChI is InChI=1S/C27H30FN3O3S/c1-6-31-22-13-21(28)18(11-20(22)17(3)14-27(31,4)5)12-23-25(33)30(26(34)35-23)15-24(32)29-19-9-7-8-16(2)10-19/h7-13,17H,6,14-15H2,1-5H3,(H,29,32)/b23-12+. The first-order valence-electron chi connectivity index (χ1n) is 11.7. The number of thioether (sulfide) groups is 1. The minimum absolute atomic E-state index is 0.0865. The Morgan fingerprint density at radius 2 is 2.00 bits per heavy atom. The number of carbonyl (C=O) groups is 3. The third-order valence-corrected chi connectivity index (χ3v) is 7.49. The second-order valence-electron chi connectivity index (χ2n) is 9.78. The van der Waals surface area contributed by atoms with Crippen LogP contribution < -0.4 is 10.2 Å². The molecule has 2 aromatic carbocycles. The predicted octanol–water partition coefficient (Wildman–Crippen LogP) is 5.92. The van der Waals surface area contributed by atoms with Crippen molar-refractivity contribution in [2.45, 2.75) is 52.5 Å². The topological polar surface area (TPSA) is 69.7 Å². The molecule has 0 spiro atoms. The number of benzene rings is 2. The summed E-state index contributed by atoms with van der Waals surface area (Å²) in [4.78, 5) is 41.1. The van der Waals surface area contributed by atoms with Crippen LogP contribution in [-0.2, 0) is 9.59 Å². The van der Waals surface area contributed by atoms with E-state index >= 15 is 4.39 Å². The van der Waals surface area contributed by atoms with Crippen molar-refractivity contribution in [2.75, 3.05) is 23.3 Å². The quantitative estimate of drug-likeness (QED) is 0.522. The molecule has 0 aromatic heterocycles. The van der Waals surface area contributed by atoms with Gasteiger partial charge in [-0.3, -0.25) is 19.3 Å². The van der Waals surface area contributed by atoms with E-state index in [2.05, 4.69) is 37.9 Å². The number of halogens is 1. The fourth-order valence-electron chi connectivity index (χ4n) is 5.07. The van der Waals surface area contributed by atoms with E-state index in [1.165, 1.54) is 12.1 Å². The van der Waals surface area contributed by atoms with Crippen LogP contribution in [0.4, 0.5) is 20.6 Å². The second kappa shape index (κ2) is 9.49. The molecule has 0 aliphatic carbocycles. The van der Waals surface area contributed by atoms with Gasteiger partial charge in [0.2, 0.25) is 5.91 Å². The minimum Gasteiger partial charge on any atom is -0.366 e. The molecule has 3 amide bonds. The summed E-state index contributed by atoms with van der Waals surface area (Å²) >= 11 is 0.721. The molecule has 184 valence electrons. The lowest BCUT2D eigenvalue weighted by Gasteiger charge is -2.47. The summed E-state index contributed by atoms with van der Waals surface area (Å²) in [7, 11) is 0. The fraction of sp³-hybridized carbons (Fsp3) is 0.370. The van der Waals surface area contributed by atoms with Gasteiger partial charge < -0.3 is 10.2 Å². The highest BCUT2D eigenvalue weighted by atomic mass is 32.2. The highest BCUT2D eigenvalue weighted by molar-refractivity contribution is 8.18. The molecule has 0 saturated carbocycles. The van der Waals surface area contributed by atoms with Gasteiger partial charge in [0.15, 0.2) is 0 Å². The number of nitrogens with zero attached hydrogens (tertiary/aromatic N) is 2. The Morgan fingerprint density at radius 1 is 1.26 bits per heavy atom. The van der Waals surface area contributed by atoms with Crippen LogP contribution in [0.5, 0.6) is 0 Å². The highest BCUT2D eigenvalue weighted by Gasteiger charge is 2.38. The average Bonchev–Trinajstić information content (AvgIpc) is 3.02. The average molecular weight is 496 g/mol. The molecule has 0 radical (unpaired) electrons. The Balaban J connectivity index is 1.56. The maximum atomic E-state index is 15.2. The third-order valence-electron chi connectivity index (χ3n) is 6.58. The maximum Gasteiger partial charge on any atom is 0.294 e. The van der Waals surface area contributed by atoms with Gasteiger partial charge in [-0.2, -0.15) is 0 Å². The number of fused-ring (bicyclic) bond motifs is 1. The first-order chi connectivity index (χ1) is 16.5. The molecule has 2 aromatic rings. The Labute approximate surface area is 209 Å². The van der Waals surface area contributed by atoms with Gasteiger partial charge in [-0.25, -0.2) is 4.39 Å². The first-order valence-corrected chi connectivity index (χ1v) is 12.5. The van der Waals surface area contributed by atoms with Crippen LogP contribution in [0.15, 0.2) is 41.3 Å². The van der Waals surface area contributed by atoms with Crippen LogP contribution in [-0.4, -0.2) is 40.6 Å². The van der Waals surface area contributed by atoms with Crippen molar-refractivity contribution in [1.82, 2.24) is 4.90 Å². The lowest BCUT2D eigenvalue weighted by atomic mass is 9.79. The van der Waals surface area contributed by atoms with Gasteiger partial charge in [0.05, 0.1) is 4.91 Å². The Hall–Kier alpha value is -3.13. The van der Waals surface area contributed by atoms with E-state index < -0.39 is 29.4 Å². The Kier molecular flexibility index (Phi) is 6.77. The lowest BCUT2D eigenvalue weighted by molar-refractivity contribution is -0.127. The summed E-state index contributed by atoms with van der Waals surface area (Å²) in [6.45, 7) is 10.8. The Bertz CT molecular complexity index is 1240. The smallest absolute Gasteiger partial charge is 0.294 e. The van der Waals surface area contributed by atoms with Gasteiger partial charge in [0.25, 0.3) is 11.1 Å². The largest absolute Gasteiger partial charge is 0.366 e. The second-order valence-corrected chi connectivity index (χ2v) is 10.8. The van der Waals surface area contributed by atoms with E-state index in [1.54, 1.807) is 18.2 Å². The van der Waals surface area contributed by atoms with E-state index in [1.807, 2.05) is 19.1 Å². The van der Waals surface area contributed by atoms with Crippen LogP contribution in [0, 0.1) is 12.7 Å². The number of aryl methyl sites for hydroxylation is 1. The van der Waals surface area contributed by atoms with Gasteiger partial charge in [-0.15, -0.1) is 0 Å². The SMILES string of the molecule is CCN1c2cc(F)c(/C=C3/SC(=O)N(CC(=O)Nc4cccc(C)c4)C3=O)cc2C(C)CC1(C)C. The molecule has 1 N–H and O–H groups in total. The molecule has 0 bridgehead atoms. The Morgan fingerprint density at radius 3 is 2.69 bits per heavy atom. The van der Waals surface area contributed by atoms with Gasteiger partial charge in [-0.1, -0.05) is 19.1 Å². The van der Waals surface area contributed by atoms with E-state index in [4.69, 9.17) is 0 Å². The van der Waals surface area contributed by atoms with Crippen molar-refractivity contribution in [1.29, 1.82) is 0 Å². The normalized spacial score (nSPS) is 20.4. The van der Waals surface area contributed by atoms with Crippen molar-refractivity contribution in [3.05, 3.63) is 63.8 Å². The number of amides is 3. The summed E-state index contributed by atoms with van der Waals surface area (Å²) in [6.07, 6.45) is 2.34. The fourth-order valence-corrected chi connectivity index (χ4v) is 5.90. The first kappa shape index (κ1) is 25.0. The van der Waals surface area contributed by atoms with Gasteiger partial charge in [0.1, 0.15) is 12.4 Å². The summed E-state index contributed by atoms with van der Waals surface area (Å²) < 4.78 is 15.2. The number of nitrogens with one attached hydrogen (secondary N) is 1. The van der Waals surface area contributed by atoms with Gasteiger partial charge in [0, 0.05) is 29.0 Å². The molecular formula is C27H30FN3O3S. The number of anilines is 2. The highest BCUT2D eigenvalue weighted by Crippen LogP contribution is 2.44. The van der Waals surface area contributed by atoms with E-state index in [0.29, 0.717) is 5.69 Å². The molecule has 4 rings (SSSR count). The molecule has 2 aliphatic rings. The number of hydrogen-bond donors (Lipinski definition) is 1. The molecule has 8 heteroatoms. The summed E-state index contributed by atoms with van der Waals surface area (Å²) in [5.74, 6) is -1.30. The van der Waals surface area contributed by atoms with Crippen molar-refractivity contribution in [3.63, 3.8) is 0 Å². The van der Waals surface area contributed by atoms with Crippen molar-refractivity contribution >= 4 is 46.3 Å². The predicted molar refractivity (Wildman–Crippen MR) is 139 cm³/mol. The van der Waals surface area contributed by atoms with Crippen molar-refractivity contribution in [2.24, 2.45) is 0 Å². The lowest BCUT2D eigenvalue weighted by Crippen LogP contribution is -2.48. The van der Waals surface area contributed by atoms with Gasteiger partial charge >= 0.3 is 0 Å². The molecule has 1 atom stereocenters. The van der Waals surface area contributed by atoms with Crippen LogP contribution >= 0.6 is 11.8 Å². The van der Waals surface area contributed by atoms with E-state index in [-0.39, 0.29) is 21.9 Å². The van der Waals surface area contributed by atoms with E-state index in [0.717, 1.165) is 46.4 Å². The van der Waals surface area contributed by atoms with Crippen molar-refractivity contribution in [3.8, 4) is 0 Å². The number of carbonyl (C=O) groups excluding carboxylic acids is 3. The van der Waals surface area contributed by atoms with E-state index in [9.17, 15) is 14.4 Å². The van der Waals surface area contributed by atoms with Crippen molar-refractivity contribution < 1.29 is 18.8 Å². The number of hydrogen-bond acceptors (Lipinski definition) is 5. The third kappa shape index (κ3) is 4.98.